The summed E-state index contributed by atoms with van der Waals surface area (Å²) >= 11 is 0. The number of imide groups is 1. The first-order valence-electron chi connectivity index (χ1n) is 13.4. The molecule has 0 fully saturated rings. The molecule has 0 atom stereocenters. The van der Waals surface area contributed by atoms with E-state index in [9.17, 15) is 19.2 Å². The molecular weight excluding hydrogens is 520 g/mol. The number of benzene rings is 4. The number of hydrogen-bond donors (Lipinski definition) is 1. The number of amides is 3. The summed E-state index contributed by atoms with van der Waals surface area (Å²) in [4.78, 5) is 58.2. The van der Waals surface area contributed by atoms with Crippen molar-refractivity contribution in [3.8, 4) is 11.1 Å². The van der Waals surface area contributed by atoms with Crippen molar-refractivity contribution in [1.29, 1.82) is 0 Å². The minimum atomic E-state index is -1.57. The first kappa shape index (κ1) is 24.8. The van der Waals surface area contributed by atoms with Gasteiger partial charge in [0.05, 0.1) is 11.1 Å². The van der Waals surface area contributed by atoms with Gasteiger partial charge in [-0.15, -0.1) is 0 Å². The van der Waals surface area contributed by atoms with Gasteiger partial charge in [0.15, 0.2) is 5.54 Å². The highest BCUT2D eigenvalue weighted by Gasteiger charge is 2.50. The molecule has 4 aromatic carbocycles. The summed E-state index contributed by atoms with van der Waals surface area (Å²) in [5.74, 6) is -2.54. The van der Waals surface area contributed by atoms with Crippen LogP contribution in [0.3, 0.4) is 0 Å². The van der Waals surface area contributed by atoms with E-state index in [2.05, 4.69) is 5.32 Å². The van der Waals surface area contributed by atoms with E-state index >= 15 is 0 Å². The van der Waals surface area contributed by atoms with Gasteiger partial charge in [-0.3, -0.25) is 9.59 Å². The zero-order chi connectivity index (χ0) is 28.1. The van der Waals surface area contributed by atoms with Crippen LogP contribution in [0.5, 0.6) is 0 Å². The summed E-state index contributed by atoms with van der Waals surface area (Å²) in [7, 11) is 0. The Balaban J connectivity index is 1.12. The lowest BCUT2D eigenvalue weighted by atomic mass is 9.96. The highest BCUT2D eigenvalue weighted by molar-refractivity contribution is 6.21. The summed E-state index contributed by atoms with van der Waals surface area (Å²) in [6.45, 7) is 0.0658. The molecule has 0 saturated carbocycles. The molecule has 4 aromatic rings. The second-order valence-corrected chi connectivity index (χ2v) is 10.5. The Morgan fingerprint density at radius 1 is 0.707 bits per heavy atom. The van der Waals surface area contributed by atoms with Crippen molar-refractivity contribution in [3.05, 3.63) is 130 Å². The molecule has 0 radical (unpaired) electrons. The van der Waals surface area contributed by atoms with E-state index in [1.165, 1.54) is 12.1 Å². The third kappa shape index (κ3) is 3.98. The smallest absolute Gasteiger partial charge is 0.408 e. The number of alkyl carbamates (subject to hydrolysis) is 1. The molecule has 2 aliphatic carbocycles. The van der Waals surface area contributed by atoms with Crippen molar-refractivity contribution in [2.45, 2.75) is 24.3 Å². The van der Waals surface area contributed by atoms with Gasteiger partial charge in [-0.25, -0.2) is 9.59 Å². The van der Waals surface area contributed by atoms with Crippen LogP contribution in [0.25, 0.3) is 11.1 Å². The molecule has 0 saturated heterocycles. The van der Waals surface area contributed by atoms with E-state index in [1.807, 2.05) is 72.8 Å². The first-order valence-corrected chi connectivity index (χ1v) is 13.4. The molecule has 0 unspecified atom stereocenters. The molecule has 8 heteroatoms. The van der Waals surface area contributed by atoms with E-state index < -0.39 is 29.4 Å². The maximum atomic E-state index is 13.7. The number of hydroxylamine groups is 2. The van der Waals surface area contributed by atoms with Crippen molar-refractivity contribution < 1.29 is 28.8 Å². The number of rotatable bonds is 5. The van der Waals surface area contributed by atoms with Crippen LogP contribution in [0.1, 0.15) is 48.9 Å². The van der Waals surface area contributed by atoms with Gasteiger partial charge in [0.25, 0.3) is 11.8 Å². The van der Waals surface area contributed by atoms with Crippen molar-refractivity contribution >= 4 is 23.9 Å². The van der Waals surface area contributed by atoms with Crippen LogP contribution in [0.2, 0.25) is 0 Å². The molecule has 3 amide bonds. The number of ether oxygens (including phenoxy) is 1. The van der Waals surface area contributed by atoms with Crippen molar-refractivity contribution in [3.63, 3.8) is 0 Å². The Kier molecular flexibility index (Phi) is 5.71. The molecule has 0 aromatic heterocycles. The van der Waals surface area contributed by atoms with Crippen molar-refractivity contribution in [2.75, 3.05) is 6.61 Å². The molecule has 1 N–H and O–H groups in total. The Hall–Kier alpha value is -5.24. The molecule has 3 aliphatic rings. The van der Waals surface area contributed by atoms with Crippen LogP contribution in [0, 0.1) is 0 Å². The van der Waals surface area contributed by atoms with E-state index in [-0.39, 0.29) is 36.5 Å². The van der Waals surface area contributed by atoms with E-state index in [0.29, 0.717) is 5.06 Å². The average molecular weight is 545 g/mol. The highest BCUT2D eigenvalue weighted by Crippen LogP contribution is 2.44. The summed E-state index contributed by atoms with van der Waals surface area (Å²) in [5.41, 5.74) is 4.77. The SMILES string of the molecule is O=C(NC1(C(=O)ON2C(=O)c3ccccc3C2=O)Cc2ccccc2C1)OCC1c2ccccc2-c2ccccc21. The largest absolute Gasteiger partial charge is 0.449 e. The average Bonchev–Trinajstić information content (AvgIpc) is 3.61. The fourth-order valence-electron chi connectivity index (χ4n) is 6.15. The molecule has 41 heavy (non-hydrogen) atoms. The molecule has 7 rings (SSSR count). The highest BCUT2D eigenvalue weighted by atomic mass is 16.7. The Labute approximate surface area is 235 Å². The fraction of sp³-hybridized carbons (Fsp3) is 0.152. The molecule has 8 nitrogen and oxygen atoms in total. The van der Waals surface area contributed by atoms with Crippen LogP contribution in [-0.2, 0) is 27.2 Å². The third-order valence-electron chi connectivity index (χ3n) is 8.11. The zero-order valence-corrected chi connectivity index (χ0v) is 21.8. The van der Waals surface area contributed by atoms with E-state index in [4.69, 9.17) is 9.57 Å². The van der Waals surface area contributed by atoms with Gasteiger partial charge in [0.1, 0.15) is 6.61 Å². The lowest BCUT2D eigenvalue weighted by molar-refractivity contribution is -0.176. The second-order valence-electron chi connectivity index (χ2n) is 10.5. The van der Waals surface area contributed by atoms with E-state index in [0.717, 1.165) is 33.4 Å². The minimum Gasteiger partial charge on any atom is -0.449 e. The van der Waals surface area contributed by atoms with Crippen LogP contribution < -0.4 is 5.32 Å². The monoisotopic (exact) mass is 544 g/mol. The van der Waals surface area contributed by atoms with Crippen molar-refractivity contribution in [1.82, 2.24) is 10.4 Å². The van der Waals surface area contributed by atoms with Gasteiger partial charge in [-0.05, 0) is 45.5 Å². The first-order chi connectivity index (χ1) is 19.9. The molecule has 1 heterocycles. The summed E-state index contributed by atoms with van der Waals surface area (Å²) in [5, 5.41) is 3.22. The maximum absolute atomic E-state index is 13.7. The van der Waals surface area contributed by atoms with Crippen LogP contribution >= 0.6 is 0 Å². The number of carbonyl (C=O) groups is 4. The lowest BCUT2D eigenvalue weighted by Gasteiger charge is -2.29. The normalized spacial score (nSPS) is 16.0. The molecule has 0 bridgehead atoms. The van der Waals surface area contributed by atoms with Crippen LogP contribution in [-0.4, -0.2) is 41.1 Å². The molecule has 1 aliphatic heterocycles. The predicted octanol–water partition coefficient (Wildman–Crippen LogP) is 4.82. The number of nitrogens with zero attached hydrogens (tertiary/aromatic N) is 1. The quantitative estimate of drug-likeness (QED) is 0.362. The topological polar surface area (TPSA) is 102 Å². The number of hydrogen-bond acceptors (Lipinski definition) is 6. The third-order valence-corrected chi connectivity index (χ3v) is 8.11. The van der Waals surface area contributed by atoms with Crippen LogP contribution in [0.4, 0.5) is 4.79 Å². The molecule has 202 valence electrons. The Morgan fingerprint density at radius 3 is 1.71 bits per heavy atom. The summed E-state index contributed by atoms with van der Waals surface area (Å²) in [6, 6.07) is 29.7. The number of carbonyl (C=O) groups excluding carboxylic acids is 4. The van der Waals surface area contributed by atoms with Crippen molar-refractivity contribution in [2.24, 2.45) is 0 Å². The fourth-order valence-corrected chi connectivity index (χ4v) is 6.15. The maximum Gasteiger partial charge on any atom is 0.408 e. The second kappa shape index (κ2) is 9.45. The van der Waals surface area contributed by atoms with Gasteiger partial charge in [0.2, 0.25) is 0 Å². The number of nitrogens with one attached hydrogen (secondary N) is 1. The van der Waals surface area contributed by atoms with Crippen LogP contribution in [0.15, 0.2) is 97.1 Å². The molecule has 0 spiro atoms. The van der Waals surface area contributed by atoms with Gasteiger partial charge in [-0.1, -0.05) is 90.0 Å². The minimum absolute atomic E-state index is 0.0658. The van der Waals surface area contributed by atoms with Gasteiger partial charge in [-0.2, -0.15) is 0 Å². The number of fused-ring (bicyclic) bond motifs is 5. The Morgan fingerprint density at radius 2 is 1.17 bits per heavy atom. The lowest BCUT2D eigenvalue weighted by Crippen LogP contribution is -2.58. The zero-order valence-electron chi connectivity index (χ0n) is 21.8. The van der Waals surface area contributed by atoms with Gasteiger partial charge < -0.3 is 14.9 Å². The van der Waals surface area contributed by atoms with E-state index in [1.54, 1.807) is 12.1 Å². The van der Waals surface area contributed by atoms with Gasteiger partial charge >= 0.3 is 12.1 Å². The standard InChI is InChI=1S/C33H24N2O6/c36-29-26-15-7-8-16-27(26)30(37)35(29)41-31(38)33(17-20-9-1-2-10-21(20)18-33)34-32(39)40-19-28-24-13-5-3-11-22(24)23-12-4-6-14-25(23)28/h1-16,28H,17-19H2,(H,34,39). The molecular formula is C33H24N2O6. The summed E-state index contributed by atoms with van der Waals surface area (Å²) < 4.78 is 5.73. The summed E-state index contributed by atoms with van der Waals surface area (Å²) in [6.07, 6.45) is -0.552. The predicted molar refractivity (Wildman–Crippen MR) is 148 cm³/mol. The van der Waals surface area contributed by atoms with Gasteiger partial charge in [0, 0.05) is 18.8 Å². The Bertz CT molecular complexity index is 1660.